The molecule has 0 atom stereocenters. The molecule has 2 aliphatic heterocycles. The lowest BCUT2D eigenvalue weighted by atomic mass is 10.1. The molecular weight excluding hydrogens is 420 g/mol. The monoisotopic (exact) mass is 442 g/mol. The lowest BCUT2D eigenvalue weighted by Crippen LogP contribution is -2.42. The molecule has 0 bridgehead atoms. The molecule has 0 aromatic heterocycles. The van der Waals surface area contributed by atoms with E-state index in [-0.39, 0.29) is 5.91 Å². The van der Waals surface area contributed by atoms with Crippen LogP contribution >= 0.6 is 35.6 Å². The van der Waals surface area contributed by atoms with E-state index in [0.29, 0.717) is 38.9 Å². The number of halogens is 1. The summed E-state index contributed by atoms with van der Waals surface area (Å²) >= 11 is 13.0. The van der Waals surface area contributed by atoms with Gasteiger partial charge in [0.25, 0.3) is 5.91 Å². The van der Waals surface area contributed by atoms with Gasteiger partial charge in [0.2, 0.25) is 0 Å². The van der Waals surface area contributed by atoms with Gasteiger partial charge in [0.15, 0.2) is 11.5 Å². The highest BCUT2D eigenvalue weighted by molar-refractivity contribution is 8.26. The van der Waals surface area contributed by atoms with Gasteiger partial charge in [-0.1, -0.05) is 35.6 Å². The number of benzene rings is 1. The van der Waals surface area contributed by atoms with Gasteiger partial charge in [-0.3, -0.25) is 14.6 Å². The smallest absolute Gasteiger partial charge is 0.266 e. The molecule has 2 saturated heterocycles. The number of methoxy groups -OCH3 is 1. The number of amides is 1. The molecule has 2 fully saturated rings. The highest BCUT2D eigenvalue weighted by atomic mass is 35.5. The Hall–Kier alpha value is -1.32. The third-order valence-corrected chi connectivity index (χ3v) is 6.11. The van der Waals surface area contributed by atoms with Crippen molar-refractivity contribution in [2.75, 3.05) is 53.1 Å². The summed E-state index contributed by atoms with van der Waals surface area (Å²) in [6, 6.07) is 3.57. The standard InChI is InChI=1S/C19H23ClN2O4S2/c1-3-26-15-11-13(10-14(20)17(15)24-2)12-16-18(23)22(19(27)28-16)5-4-21-6-8-25-9-7-21/h10-12H,3-9H2,1-2H3/b16-12+. The lowest BCUT2D eigenvalue weighted by molar-refractivity contribution is -0.122. The quantitative estimate of drug-likeness (QED) is 0.474. The van der Waals surface area contributed by atoms with Crippen molar-refractivity contribution in [3.63, 3.8) is 0 Å². The Balaban J connectivity index is 1.73. The molecule has 28 heavy (non-hydrogen) atoms. The predicted molar refractivity (Wildman–Crippen MR) is 116 cm³/mol. The van der Waals surface area contributed by atoms with Gasteiger partial charge in [-0.25, -0.2) is 0 Å². The molecule has 6 nitrogen and oxygen atoms in total. The van der Waals surface area contributed by atoms with Crippen LogP contribution in [0.2, 0.25) is 5.02 Å². The van der Waals surface area contributed by atoms with Gasteiger partial charge in [0, 0.05) is 26.2 Å². The van der Waals surface area contributed by atoms with Gasteiger partial charge in [0.1, 0.15) is 4.32 Å². The highest BCUT2D eigenvalue weighted by Crippen LogP contribution is 2.38. The largest absolute Gasteiger partial charge is 0.491 e. The molecule has 0 spiro atoms. The fraction of sp³-hybridized carbons (Fsp3) is 0.474. The first kappa shape index (κ1) is 21.4. The van der Waals surface area contributed by atoms with Crippen LogP contribution in [0.5, 0.6) is 11.5 Å². The normalized spacial score (nSPS) is 19.5. The van der Waals surface area contributed by atoms with Crippen LogP contribution < -0.4 is 9.47 Å². The number of carbonyl (C=O) groups is 1. The van der Waals surface area contributed by atoms with Crippen molar-refractivity contribution in [3.8, 4) is 11.5 Å². The minimum absolute atomic E-state index is 0.0758. The van der Waals surface area contributed by atoms with Gasteiger partial charge in [0.05, 0.1) is 36.9 Å². The summed E-state index contributed by atoms with van der Waals surface area (Å²) in [6.45, 7) is 6.97. The topological polar surface area (TPSA) is 51.2 Å². The zero-order valence-electron chi connectivity index (χ0n) is 15.9. The Kier molecular flexibility index (Phi) is 7.59. The van der Waals surface area contributed by atoms with E-state index in [1.807, 2.05) is 13.0 Å². The minimum atomic E-state index is -0.0758. The molecule has 2 aliphatic rings. The van der Waals surface area contributed by atoms with E-state index in [1.165, 1.54) is 11.8 Å². The van der Waals surface area contributed by atoms with Gasteiger partial charge in [-0.15, -0.1) is 0 Å². The highest BCUT2D eigenvalue weighted by Gasteiger charge is 2.32. The van der Waals surface area contributed by atoms with Gasteiger partial charge in [-0.2, -0.15) is 0 Å². The zero-order valence-corrected chi connectivity index (χ0v) is 18.3. The molecule has 0 unspecified atom stereocenters. The Morgan fingerprint density at radius 1 is 1.32 bits per heavy atom. The van der Waals surface area contributed by atoms with Crippen LogP contribution in [0.1, 0.15) is 12.5 Å². The first-order valence-electron chi connectivity index (χ1n) is 9.09. The maximum atomic E-state index is 12.8. The number of ether oxygens (including phenoxy) is 3. The van der Waals surface area contributed by atoms with Crippen molar-refractivity contribution in [2.24, 2.45) is 0 Å². The second-order valence-corrected chi connectivity index (χ2v) is 8.34. The molecule has 3 rings (SSSR count). The summed E-state index contributed by atoms with van der Waals surface area (Å²) < 4.78 is 16.8. The number of nitrogens with zero attached hydrogens (tertiary/aromatic N) is 2. The predicted octanol–water partition coefficient (Wildman–Crippen LogP) is 3.28. The number of thioether (sulfide) groups is 1. The van der Waals surface area contributed by atoms with Crippen LogP contribution in [0.4, 0.5) is 0 Å². The molecule has 0 aliphatic carbocycles. The van der Waals surface area contributed by atoms with Crippen LogP contribution in [-0.4, -0.2) is 73.1 Å². The summed E-state index contributed by atoms with van der Waals surface area (Å²) in [7, 11) is 1.54. The van der Waals surface area contributed by atoms with Crippen LogP contribution in [0.25, 0.3) is 6.08 Å². The van der Waals surface area contributed by atoms with Crippen LogP contribution in [0.15, 0.2) is 17.0 Å². The fourth-order valence-electron chi connectivity index (χ4n) is 3.04. The number of carbonyl (C=O) groups excluding carboxylic acids is 1. The molecule has 9 heteroatoms. The second kappa shape index (κ2) is 9.93. The molecule has 1 aromatic carbocycles. The minimum Gasteiger partial charge on any atom is -0.491 e. The van der Waals surface area contributed by atoms with Crippen LogP contribution in [0, 0.1) is 0 Å². The molecular formula is C19H23ClN2O4S2. The van der Waals surface area contributed by atoms with Gasteiger partial charge in [-0.05, 0) is 30.7 Å². The molecule has 0 N–H and O–H groups in total. The van der Waals surface area contributed by atoms with Crippen LogP contribution in [-0.2, 0) is 9.53 Å². The van der Waals surface area contributed by atoms with E-state index in [2.05, 4.69) is 4.90 Å². The number of rotatable bonds is 7. The first-order valence-corrected chi connectivity index (χ1v) is 10.7. The van der Waals surface area contributed by atoms with Crippen molar-refractivity contribution in [2.45, 2.75) is 6.92 Å². The van der Waals surface area contributed by atoms with E-state index in [9.17, 15) is 4.79 Å². The maximum absolute atomic E-state index is 12.8. The molecule has 0 radical (unpaired) electrons. The third-order valence-electron chi connectivity index (χ3n) is 4.45. The van der Waals surface area contributed by atoms with E-state index in [1.54, 1.807) is 24.2 Å². The second-order valence-electron chi connectivity index (χ2n) is 6.25. The van der Waals surface area contributed by atoms with Crippen LogP contribution in [0.3, 0.4) is 0 Å². The fourth-order valence-corrected chi connectivity index (χ4v) is 4.65. The Labute approximate surface area is 179 Å². The van der Waals surface area contributed by atoms with Gasteiger partial charge < -0.3 is 14.2 Å². The molecule has 1 amide bonds. The van der Waals surface area contributed by atoms with Crippen molar-refractivity contribution < 1.29 is 19.0 Å². The number of hydrogen-bond donors (Lipinski definition) is 0. The number of morpholine rings is 1. The summed E-state index contributed by atoms with van der Waals surface area (Å²) in [5.74, 6) is 0.957. The van der Waals surface area contributed by atoms with E-state index in [4.69, 9.17) is 38.0 Å². The summed E-state index contributed by atoms with van der Waals surface area (Å²) in [6.07, 6.45) is 1.79. The van der Waals surface area contributed by atoms with Crippen molar-refractivity contribution >= 4 is 51.9 Å². The summed E-state index contributed by atoms with van der Waals surface area (Å²) in [4.78, 5) is 17.4. The Bertz CT molecular complexity index is 781. The van der Waals surface area contributed by atoms with Gasteiger partial charge >= 0.3 is 0 Å². The molecule has 2 heterocycles. The molecule has 152 valence electrons. The molecule has 1 aromatic rings. The van der Waals surface area contributed by atoms with Crippen molar-refractivity contribution in [1.82, 2.24) is 9.80 Å². The summed E-state index contributed by atoms with van der Waals surface area (Å²) in [5, 5.41) is 0.433. The number of thiocarbonyl (C=S) groups is 1. The van der Waals surface area contributed by atoms with E-state index >= 15 is 0 Å². The SMILES string of the molecule is CCOc1cc(/C=C2/SC(=S)N(CCN3CCOCC3)C2=O)cc(Cl)c1OC. The first-order chi connectivity index (χ1) is 13.5. The summed E-state index contributed by atoms with van der Waals surface area (Å²) in [5.41, 5.74) is 0.767. The van der Waals surface area contributed by atoms with E-state index in [0.717, 1.165) is 38.4 Å². The molecule has 0 saturated carbocycles. The zero-order chi connectivity index (χ0) is 20.1. The Morgan fingerprint density at radius 2 is 2.07 bits per heavy atom. The lowest BCUT2D eigenvalue weighted by Gasteiger charge is -2.28. The average molecular weight is 443 g/mol. The Morgan fingerprint density at radius 3 is 2.75 bits per heavy atom. The third kappa shape index (κ3) is 4.99. The maximum Gasteiger partial charge on any atom is 0.266 e. The number of hydrogen-bond acceptors (Lipinski definition) is 7. The van der Waals surface area contributed by atoms with Crippen molar-refractivity contribution in [3.05, 3.63) is 27.6 Å². The average Bonchev–Trinajstić information content (AvgIpc) is 2.94. The van der Waals surface area contributed by atoms with Crippen molar-refractivity contribution in [1.29, 1.82) is 0 Å². The van der Waals surface area contributed by atoms with E-state index < -0.39 is 0 Å².